The molecule has 0 bridgehead atoms. The van der Waals surface area contributed by atoms with E-state index in [9.17, 15) is 0 Å². The number of hydrogen-bond acceptors (Lipinski definition) is 5. The van der Waals surface area contributed by atoms with Crippen molar-refractivity contribution in [3.05, 3.63) is 204 Å². The molecule has 7 aromatic carbocycles. The predicted molar refractivity (Wildman–Crippen MR) is 214 cm³/mol. The molecule has 0 saturated carbocycles. The Hall–Kier alpha value is -7.24. The Kier molecular flexibility index (Phi) is 6.70. The molecule has 1 aliphatic heterocycles. The summed E-state index contributed by atoms with van der Waals surface area (Å²) in [5, 5.41) is 1.09. The number of nitrogens with zero attached hydrogens (tertiary/aromatic N) is 4. The summed E-state index contributed by atoms with van der Waals surface area (Å²) in [5.74, 6) is 3.55. The van der Waals surface area contributed by atoms with E-state index in [1.807, 2.05) is 60.8 Å². The van der Waals surface area contributed by atoms with Gasteiger partial charge in [-0.05, 0) is 46.0 Å². The molecule has 252 valence electrons. The second kappa shape index (κ2) is 11.9. The first kappa shape index (κ1) is 30.4. The van der Waals surface area contributed by atoms with Crippen molar-refractivity contribution in [1.29, 1.82) is 0 Å². The molecule has 0 unspecified atom stereocenters. The normalized spacial score (nSPS) is 13.1. The summed E-state index contributed by atoms with van der Waals surface area (Å²) in [4.78, 5) is 20.5. The lowest BCUT2D eigenvalue weighted by Crippen LogP contribution is -2.32. The Balaban J connectivity index is 1.29. The minimum atomic E-state index is -0.683. The van der Waals surface area contributed by atoms with Crippen LogP contribution in [0, 0.1) is 0 Å². The molecule has 5 heteroatoms. The Morgan fingerprint density at radius 3 is 1.50 bits per heavy atom. The fraction of sp³-hybridized carbons (Fsp3) is 0.0204. The lowest BCUT2D eigenvalue weighted by Gasteiger charge is -2.39. The minimum absolute atomic E-state index is 0.613. The summed E-state index contributed by atoms with van der Waals surface area (Å²) in [7, 11) is 0. The van der Waals surface area contributed by atoms with Gasteiger partial charge in [-0.2, -0.15) is 0 Å². The highest BCUT2D eigenvalue weighted by Crippen LogP contribution is 2.64. The number of hydrogen-bond donors (Lipinski definition) is 0. The van der Waals surface area contributed by atoms with Gasteiger partial charge in [0, 0.05) is 45.0 Å². The van der Waals surface area contributed by atoms with Crippen molar-refractivity contribution in [1.82, 2.24) is 19.9 Å². The highest BCUT2D eigenvalue weighted by molar-refractivity contribution is 6.05. The molecule has 5 nitrogen and oxygen atoms in total. The largest absolute Gasteiger partial charge is 0.457 e. The van der Waals surface area contributed by atoms with Crippen LogP contribution in [0.5, 0.6) is 11.5 Å². The monoisotopic (exact) mass is 690 g/mol. The van der Waals surface area contributed by atoms with Gasteiger partial charge in [0.25, 0.3) is 0 Å². The third-order valence-corrected chi connectivity index (χ3v) is 10.9. The standard InChI is InChI=1S/C49H30N4O/c1-3-15-32(16-4-1)46-51-47(33-17-5-2-6-18-33)53-48(52-46)36-23-13-27-40-44(36)43-34(35-22-11-19-31-20-14-30-50-45(31)35)21-12-26-39(43)49(40)37-24-7-9-28-41(37)54-42-29-10-8-25-38(42)49/h1-30H. The van der Waals surface area contributed by atoms with E-state index in [4.69, 9.17) is 24.7 Å². The minimum Gasteiger partial charge on any atom is -0.457 e. The fourth-order valence-corrected chi connectivity index (χ4v) is 8.65. The van der Waals surface area contributed by atoms with Gasteiger partial charge in [0.2, 0.25) is 0 Å². The zero-order valence-corrected chi connectivity index (χ0v) is 29.0. The van der Waals surface area contributed by atoms with Gasteiger partial charge in [0.05, 0.1) is 10.9 Å². The molecule has 0 amide bonds. The topological polar surface area (TPSA) is 60.8 Å². The van der Waals surface area contributed by atoms with Gasteiger partial charge in [-0.1, -0.05) is 158 Å². The van der Waals surface area contributed by atoms with E-state index in [0.717, 1.165) is 78.0 Å². The molecule has 3 heterocycles. The Bertz CT molecular complexity index is 2810. The average molecular weight is 691 g/mol. The van der Waals surface area contributed by atoms with E-state index in [1.54, 1.807) is 0 Å². The van der Waals surface area contributed by atoms with Crippen LogP contribution in [0.15, 0.2) is 182 Å². The molecule has 1 aliphatic carbocycles. The van der Waals surface area contributed by atoms with Crippen molar-refractivity contribution < 1.29 is 4.74 Å². The summed E-state index contributed by atoms with van der Waals surface area (Å²) < 4.78 is 6.67. The second-order valence-electron chi connectivity index (χ2n) is 13.7. The van der Waals surface area contributed by atoms with Crippen molar-refractivity contribution in [2.24, 2.45) is 0 Å². The third-order valence-electron chi connectivity index (χ3n) is 10.9. The van der Waals surface area contributed by atoms with Crippen LogP contribution in [0.1, 0.15) is 22.3 Å². The molecule has 0 N–H and O–H groups in total. The summed E-state index contributed by atoms with van der Waals surface area (Å²) in [5.41, 5.74) is 12.0. The zero-order chi connectivity index (χ0) is 35.6. The van der Waals surface area contributed by atoms with Crippen LogP contribution in [0.25, 0.3) is 67.3 Å². The van der Waals surface area contributed by atoms with Gasteiger partial charge in [-0.3, -0.25) is 4.98 Å². The Morgan fingerprint density at radius 1 is 0.370 bits per heavy atom. The van der Waals surface area contributed by atoms with Crippen LogP contribution in [0.4, 0.5) is 0 Å². The van der Waals surface area contributed by atoms with E-state index in [-0.39, 0.29) is 0 Å². The molecule has 2 aromatic heterocycles. The van der Waals surface area contributed by atoms with Crippen LogP contribution >= 0.6 is 0 Å². The quantitative estimate of drug-likeness (QED) is 0.184. The molecule has 0 fully saturated rings. The number of ether oxygens (including phenoxy) is 1. The van der Waals surface area contributed by atoms with E-state index in [0.29, 0.717) is 17.5 Å². The molecule has 9 aromatic rings. The average Bonchev–Trinajstić information content (AvgIpc) is 3.55. The van der Waals surface area contributed by atoms with Gasteiger partial charge in [0.15, 0.2) is 17.5 Å². The molecule has 11 rings (SSSR count). The number of pyridine rings is 1. The molecule has 0 atom stereocenters. The molecular weight excluding hydrogens is 661 g/mol. The molecule has 54 heavy (non-hydrogen) atoms. The van der Waals surface area contributed by atoms with E-state index < -0.39 is 5.41 Å². The van der Waals surface area contributed by atoms with Gasteiger partial charge in [-0.25, -0.2) is 15.0 Å². The number of benzene rings is 7. The van der Waals surface area contributed by atoms with Crippen LogP contribution in [0.3, 0.4) is 0 Å². The van der Waals surface area contributed by atoms with Gasteiger partial charge < -0.3 is 4.74 Å². The molecule has 2 aliphatic rings. The first-order chi connectivity index (χ1) is 26.8. The molecule has 0 radical (unpaired) electrons. The summed E-state index contributed by atoms with van der Waals surface area (Å²) in [6, 6.07) is 61.1. The van der Waals surface area contributed by atoms with Crippen LogP contribution < -0.4 is 4.74 Å². The maximum absolute atomic E-state index is 6.67. The first-order valence-electron chi connectivity index (χ1n) is 18.1. The Morgan fingerprint density at radius 2 is 0.852 bits per heavy atom. The number of aromatic nitrogens is 4. The lowest BCUT2D eigenvalue weighted by atomic mass is 9.66. The van der Waals surface area contributed by atoms with E-state index in [2.05, 4.69) is 121 Å². The third kappa shape index (κ3) is 4.39. The van der Waals surface area contributed by atoms with Crippen LogP contribution in [0.2, 0.25) is 0 Å². The lowest BCUT2D eigenvalue weighted by molar-refractivity contribution is 0.436. The fourth-order valence-electron chi connectivity index (χ4n) is 8.65. The van der Waals surface area contributed by atoms with E-state index >= 15 is 0 Å². The number of para-hydroxylation sites is 3. The highest BCUT2D eigenvalue weighted by atomic mass is 16.5. The van der Waals surface area contributed by atoms with Gasteiger partial charge in [-0.15, -0.1) is 0 Å². The van der Waals surface area contributed by atoms with Crippen molar-refractivity contribution in [2.75, 3.05) is 0 Å². The molecule has 1 spiro atoms. The predicted octanol–water partition coefficient (Wildman–Crippen LogP) is 11.6. The second-order valence-corrected chi connectivity index (χ2v) is 13.7. The SMILES string of the molecule is c1ccc(-c2nc(-c3ccccc3)nc(-c3cccc4c3-c3c(-c5cccc6cccnc56)cccc3C43c4ccccc4Oc4ccccc43)n2)cc1. The maximum atomic E-state index is 6.67. The number of fused-ring (bicyclic) bond motifs is 10. The highest BCUT2D eigenvalue weighted by Gasteiger charge is 2.52. The summed E-state index contributed by atoms with van der Waals surface area (Å²) in [6.45, 7) is 0. The maximum Gasteiger partial charge on any atom is 0.164 e. The Labute approximate surface area is 312 Å². The van der Waals surface area contributed by atoms with E-state index in [1.165, 1.54) is 5.56 Å². The van der Waals surface area contributed by atoms with Crippen molar-refractivity contribution >= 4 is 10.9 Å². The van der Waals surface area contributed by atoms with Crippen molar-refractivity contribution in [3.63, 3.8) is 0 Å². The van der Waals surface area contributed by atoms with Gasteiger partial charge in [0.1, 0.15) is 11.5 Å². The zero-order valence-electron chi connectivity index (χ0n) is 29.0. The molecule has 0 saturated heterocycles. The van der Waals surface area contributed by atoms with Crippen molar-refractivity contribution in [3.8, 4) is 67.9 Å². The summed E-state index contributed by atoms with van der Waals surface area (Å²) >= 11 is 0. The first-order valence-corrected chi connectivity index (χ1v) is 18.1. The number of rotatable bonds is 4. The van der Waals surface area contributed by atoms with Crippen molar-refractivity contribution in [2.45, 2.75) is 5.41 Å². The van der Waals surface area contributed by atoms with Crippen LogP contribution in [-0.4, -0.2) is 19.9 Å². The summed E-state index contributed by atoms with van der Waals surface area (Å²) in [6.07, 6.45) is 1.88. The smallest absolute Gasteiger partial charge is 0.164 e. The van der Waals surface area contributed by atoms with Crippen LogP contribution in [-0.2, 0) is 5.41 Å². The molecular formula is C49H30N4O. The van der Waals surface area contributed by atoms with Gasteiger partial charge >= 0.3 is 0 Å².